The first-order valence-corrected chi connectivity index (χ1v) is 5.28. The summed E-state index contributed by atoms with van der Waals surface area (Å²) in [7, 11) is 0. The van der Waals surface area contributed by atoms with E-state index in [-0.39, 0.29) is 24.6 Å². The van der Waals surface area contributed by atoms with E-state index in [1.54, 1.807) is 19.1 Å². The van der Waals surface area contributed by atoms with Gasteiger partial charge in [0.15, 0.2) is 0 Å². The number of carbonyl (C=O) groups excluding carboxylic acids is 1. The molecule has 90 valence electrons. The summed E-state index contributed by atoms with van der Waals surface area (Å²) < 4.78 is 13.6. The highest BCUT2D eigenvalue weighted by molar-refractivity contribution is 5.99. The molecular weight excluding hydrogens is 225 g/mol. The van der Waals surface area contributed by atoms with E-state index >= 15 is 0 Å². The van der Waals surface area contributed by atoms with Crippen molar-refractivity contribution in [3.63, 3.8) is 0 Å². The number of anilines is 1. The summed E-state index contributed by atoms with van der Waals surface area (Å²) in [4.78, 5) is 23.7. The van der Waals surface area contributed by atoms with E-state index in [2.05, 4.69) is 0 Å². The lowest BCUT2D eigenvalue weighted by molar-refractivity contribution is -0.141. The highest BCUT2D eigenvalue weighted by Gasteiger charge is 2.36. The molecule has 0 spiro atoms. The lowest BCUT2D eigenvalue weighted by atomic mass is 10.1. The van der Waals surface area contributed by atoms with E-state index in [4.69, 9.17) is 5.11 Å². The number of benzene rings is 1. The number of nitrogens with zero attached hydrogens (tertiary/aromatic N) is 1. The van der Waals surface area contributed by atoms with E-state index in [1.807, 2.05) is 0 Å². The second-order valence-electron chi connectivity index (χ2n) is 4.20. The Morgan fingerprint density at radius 3 is 2.82 bits per heavy atom. The van der Waals surface area contributed by atoms with Gasteiger partial charge in [-0.15, -0.1) is 0 Å². The van der Waals surface area contributed by atoms with Gasteiger partial charge in [-0.1, -0.05) is 6.07 Å². The van der Waals surface area contributed by atoms with Crippen molar-refractivity contribution in [2.24, 2.45) is 5.92 Å². The third kappa shape index (κ3) is 2.13. The number of rotatable bonds is 2. The average molecular weight is 237 g/mol. The summed E-state index contributed by atoms with van der Waals surface area (Å²) in [5, 5.41) is 8.85. The van der Waals surface area contributed by atoms with Crippen molar-refractivity contribution in [1.29, 1.82) is 0 Å². The minimum atomic E-state index is -1.02. The maximum absolute atomic E-state index is 13.6. The molecular formula is C12H12FNO3. The molecule has 17 heavy (non-hydrogen) atoms. The van der Waals surface area contributed by atoms with Gasteiger partial charge in [-0.05, 0) is 24.6 Å². The molecule has 1 saturated heterocycles. The number of hydrogen-bond donors (Lipinski definition) is 1. The van der Waals surface area contributed by atoms with Gasteiger partial charge in [0.25, 0.3) is 0 Å². The van der Waals surface area contributed by atoms with Gasteiger partial charge in [-0.25, -0.2) is 4.39 Å². The monoisotopic (exact) mass is 237 g/mol. The molecule has 0 aliphatic carbocycles. The number of aliphatic carboxylic acids is 1. The summed E-state index contributed by atoms with van der Waals surface area (Å²) in [6.07, 6.45) is -0.0668. The molecule has 0 saturated carbocycles. The summed E-state index contributed by atoms with van der Waals surface area (Å²) in [6.45, 7) is 1.83. The number of aryl methyl sites for hydroxylation is 1. The van der Waals surface area contributed by atoms with E-state index in [1.165, 1.54) is 11.0 Å². The average Bonchev–Trinajstić information content (AvgIpc) is 2.64. The number of hydrogen-bond acceptors (Lipinski definition) is 2. The van der Waals surface area contributed by atoms with Gasteiger partial charge >= 0.3 is 5.97 Å². The smallest absolute Gasteiger partial charge is 0.308 e. The standard InChI is InChI=1S/C12H12FNO3/c1-7-2-3-9(13)10(4-7)14-6-8(12(16)17)5-11(14)15/h2-4,8H,5-6H2,1H3,(H,16,17)/t8-/m1/s1. The SMILES string of the molecule is Cc1ccc(F)c(N2C[C@H](C(=O)O)CC2=O)c1. The summed E-state index contributed by atoms with van der Waals surface area (Å²) in [6, 6.07) is 4.44. The topological polar surface area (TPSA) is 57.6 Å². The minimum absolute atomic E-state index is 0.0362. The molecule has 1 N–H and O–H groups in total. The predicted molar refractivity (Wildman–Crippen MR) is 59.2 cm³/mol. The Bertz CT molecular complexity index is 487. The fourth-order valence-electron chi connectivity index (χ4n) is 1.94. The molecule has 0 radical (unpaired) electrons. The normalized spacial score (nSPS) is 19.8. The molecule has 1 aromatic rings. The van der Waals surface area contributed by atoms with Crippen LogP contribution in [0.15, 0.2) is 18.2 Å². The first-order valence-electron chi connectivity index (χ1n) is 5.28. The molecule has 0 bridgehead atoms. The molecule has 5 heteroatoms. The van der Waals surface area contributed by atoms with Crippen LogP contribution in [0.3, 0.4) is 0 Å². The number of amides is 1. The number of carbonyl (C=O) groups is 2. The molecule has 0 aromatic heterocycles. The first kappa shape index (κ1) is 11.6. The molecule has 1 atom stereocenters. The Morgan fingerprint density at radius 1 is 1.53 bits per heavy atom. The van der Waals surface area contributed by atoms with Gasteiger partial charge in [0.05, 0.1) is 11.6 Å². The third-order valence-electron chi connectivity index (χ3n) is 2.87. The van der Waals surface area contributed by atoms with Crippen LogP contribution in [-0.2, 0) is 9.59 Å². The van der Waals surface area contributed by atoms with Gasteiger partial charge in [-0.2, -0.15) is 0 Å². The van der Waals surface area contributed by atoms with E-state index < -0.39 is 17.7 Å². The fraction of sp³-hybridized carbons (Fsp3) is 0.333. The Labute approximate surface area is 97.7 Å². The second kappa shape index (κ2) is 4.16. The van der Waals surface area contributed by atoms with Crippen molar-refractivity contribution >= 4 is 17.6 Å². The number of carboxylic acid groups (broad SMARTS) is 1. The molecule has 0 unspecified atom stereocenters. The van der Waals surface area contributed by atoms with Crippen LogP contribution in [0.4, 0.5) is 10.1 Å². The third-order valence-corrected chi connectivity index (χ3v) is 2.87. The molecule has 4 nitrogen and oxygen atoms in total. The van der Waals surface area contributed by atoms with E-state index in [9.17, 15) is 14.0 Å². The van der Waals surface area contributed by atoms with Crippen LogP contribution in [0.1, 0.15) is 12.0 Å². The number of carboxylic acids is 1. The zero-order valence-electron chi connectivity index (χ0n) is 9.31. The molecule has 1 fully saturated rings. The maximum atomic E-state index is 13.6. The fourth-order valence-corrected chi connectivity index (χ4v) is 1.94. The van der Waals surface area contributed by atoms with Gasteiger partial charge in [0.2, 0.25) is 5.91 Å². The van der Waals surface area contributed by atoms with Crippen molar-refractivity contribution < 1.29 is 19.1 Å². The van der Waals surface area contributed by atoms with Crippen molar-refractivity contribution in [2.75, 3.05) is 11.4 Å². The zero-order chi connectivity index (χ0) is 12.6. The largest absolute Gasteiger partial charge is 0.481 e. The van der Waals surface area contributed by atoms with Gasteiger partial charge < -0.3 is 10.0 Å². The lowest BCUT2D eigenvalue weighted by Crippen LogP contribution is -2.26. The minimum Gasteiger partial charge on any atom is -0.481 e. The Kier molecular flexibility index (Phi) is 2.83. The van der Waals surface area contributed by atoms with Crippen LogP contribution < -0.4 is 4.90 Å². The number of halogens is 1. The Balaban J connectivity index is 2.32. The Hall–Kier alpha value is -1.91. The van der Waals surface area contributed by atoms with E-state index in [0.717, 1.165) is 5.56 Å². The van der Waals surface area contributed by atoms with E-state index in [0.29, 0.717) is 0 Å². The molecule has 1 aromatic carbocycles. The van der Waals surface area contributed by atoms with Gasteiger partial charge in [0.1, 0.15) is 5.82 Å². The van der Waals surface area contributed by atoms with Crippen molar-refractivity contribution in [2.45, 2.75) is 13.3 Å². The summed E-state index contributed by atoms with van der Waals surface area (Å²) in [5.74, 6) is -2.62. The maximum Gasteiger partial charge on any atom is 0.308 e. The van der Waals surface area contributed by atoms with Gasteiger partial charge in [0, 0.05) is 13.0 Å². The lowest BCUT2D eigenvalue weighted by Gasteiger charge is -2.17. The molecule has 2 rings (SSSR count). The highest BCUT2D eigenvalue weighted by Crippen LogP contribution is 2.28. The predicted octanol–water partition coefficient (Wildman–Crippen LogP) is 1.57. The van der Waals surface area contributed by atoms with Crippen LogP contribution in [0.25, 0.3) is 0 Å². The first-order chi connectivity index (χ1) is 7.99. The molecule has 1 aliphatic rings. The highest BCUT2D eigenvalue weighted by atomic mass is 19.1. The van der Waals surface area contributed by atoms with Crippen LogP contribution >= 0.6 is 0 Å². The van der Waals surface area contributed by atoms with Crippen molar-refractivity contribution in [3.05, 3.63) is 29.6 Å². The second-order valence-corrected chi connectivity index (χ2v) is 4.20. The molecule has 1 heterocycles. The molecule has 1 aliphatic heterocycles. The van der Waals surface area contributed by atoms with Crippen LogP contribution in [0, 0.1) is 18.7 Å². The summed E-state index contributed by atoms with van der Waals surface area (Å²) >= 11 is 0. The van der Waals surface area contributed by atoms with Crippen LogP contribution in [0.2, 0.25) is 0 Å². The van der Waals surface area contributed by atoms with Crippen molar-refractivity contribution in [3.8, 4) is 0 Å². The van der Waals surface area contributed by atoms with Crippen LogP contribution in [0.5, 0.6) is 0 Å². The quantitative estimate of drug-likeness (QED) is 0.849. The van der Waals surface area contributed by atoms with Crippen molar-refractivity contribution in [1.82, 2.24) is 0 Å². The molecule has 1 amide bonds. The van der Waals surface area contributed by atoms with Crippen LogP contribution in [-0.4, -0.2) is 23.5 Å². The van der Waals surface area contributed by atoms with Gasteiger partial charge in [-0.3, -0.25) is 9.59 Å². The summed E-state index contributed by atoms with van der Waals surface area (Å²) in [5.41, 5.74) is 0.992. The zero-order valence-corrected chi connectivity index (χ0v) is 9.31. The Morgan fingerprint density at radius 2 is 2.24 bits per heavy atom.